The van der Waals surface area contributed by atoms with E-state index in [-0.39, 0.29) is 12.0 Å². The molecule has 14 heavy (non-hydrogen) atoms. The third-order valence-electron chi connectivity index (χ3n) is 1.59. The predicted octanol–water partition coefficient (Wildman–Crippen LogP) is 1.52. The van der Waals surface area contributed by atoms with Crippen LogP contribution in [-0.4, -0.2) is 4.98 Å². The summed E-state index contributed by atoms with van der Waals surface area (Å²) in [7, 11) is 0. The Morgan fingerprint density at radius 3 is 2.71 bits per heavy atom. The highest BCUT2D eigenvalue weighted by atomic mass is 19.3. The van der Waals surface area contributed by atoms with Crippen LogP contribution in [0.2, 0.25) is 0 Å². The third-order valence-corrected chi connectivity index (χ3v) is 1.59. The number of alkyl halides is 2. The maximum atomic E-state index is 12.8. The smallest absolute Gasteiger partial charge is 0.281 e. The van der Waals surface area contributed by atoms with E-state index in [1.807, 2.05) is 0 Å². The van der Waals surface area contributed by atoms with Crippen LogP contribution in [0.15, 0.2) is 10.9 Å². The van der Waals surface area contributed by atoms with Crippen molar-refractivity contribution in [1.29, 1.82) is 5.26 Å². The van der Waals surface area contributed by atoms with Gasteiger partial charge in [0, 0.05) is 5.56 Å². The molecule has 0 aliphatic heterocycles. The van der Waals surface area contributed by atoms with Crippen LogP contribution in [0.4, 0.5) is 13.2 Å². The van der Waals surface area contributed by atoms with Crippen molar-refractivity contribution < 1.29 is 13.2 Å². The zero-order valence-electron chi connectivity index (χ0n) is 6.85. The van der Waals surface area contributed by atoms with E-state index >= 15 is 0 Å². The molecule has 3 nitrogen and oxygen atoms in total. The molecule has 1 heterocycles. The van der Waals surface area contributed by atoms with E-state index in [4.69, 9.17) is 5.26 Å². The van der Waals surface area contributed by atoms with Crippen molar-refractivity contribution in [3.05, 3.63) is 33.5 Å². The molecule has 6 heteroatoms. The first-order valence-electron chi connectivity index (χ1n) is 3.63. The molecule has 0 unspecified atom stereocenters. The number of aromatic nitrogens is 1. The van der Waals surface area contributed by atoms with E-state index in [2.05, 4.69) is 0 Å². The van der Waals surface area contributed by atoms with Crippen molar-refractivity contribution in [1.82, 2.24) is 4.98 Å². The highest BCUT2D eigenvalue weighted by molar-refractivity contribution is 5.19. The SMILES string of the molecule is N#CCc1cc(F)c(C(F)F)[nH]c1=O. The Morgan fingerprint density at radius 2 is 2.21 bits per heavy atom. The minimum absolute atomic E-state index is 0.158. The van der Waals surface area contributed by atoms with E-state index in [0.29, 0.717) is 6.07 Å². The summed E-state index contributed by atoms with van der Waals surface area (Å²) >= 11 is 0. The topological polar surface area (TPSA) is 56.6 Å². The van der Waals surface area contributed by atoms with Crippen LogP contribution in [0.25, 0.3) is 0 Å². The number of halogens is 3. The minimum Gasteiger partial charge on any atom is -0.318 e. The van der Waals surface area contributed by atoms with Gasteiger partial charge in [-0.2, -0.15) is 5.26 Å². The van der Waals surface area contributed by atoms with Gasteiger partial charge in [0.15, 0.2) is 0 Å². The Morgan fingerprint density at radius 1 is 1.57 bits per heavy atom. The lowest BCUT2D eigenvalue weighted by Crippen LogP contribution is -2.16. The van der Waals surface area contributed by atoms with Crippen molar-refractivity contribution in [2.24, 2.45) is 0 Å². The molecule has 74 valence electrons. The van der Waals surface area contributed by atoms with Gasteiger partial charge in [-0.05, 0) is 6.07 Å². The number of nitrogens with one attached hydrogen (secondary N) is 1. The number of hydrogen-bond donors (Lipinski definition) is 1. The van der Waals surface area contributed by atoms with Gasteiger partial charge in [-0.15, -0.1) is 0 Å². The minimum atomic E-state index is -3.07. The molecule has 1 aromatic heterocycles. The highest BCUT2D eigenvalue weighted by Gasteiger charge is 2.16. The Labute approximate surface area is 76.8 Å². The summed E-state index contributed by atoms with van der Waals surface area (Å²) in [5.41, 5.74) is -2.06. The van der Waals surface area contributed by atoms with Gasteiger partial charge < -0.3 is 4.98 Å². The van der Waals surface area contributed by atoms with Crippen LogP contribution in [0.3, 0.4) is 0 Å². The molecule has 0 spiro atoms. The zero-order chi connectivity index (χ0) is 10.7. The molecule has 1 aromatic rings. The van der Waals surface area contributed by atoms with E-state index < -0.39 is 23.5 Å². The van der Waals surface area contributed by atoms with Gasteiger partial charge in [0.1, 0.15) is 11.5 Å². The fourth-order valence-electron chi connectivity index (χ4n) is 0.934. The summed E-state index contributed by atoms with van der Waals surface area (Å²) in [6.45, 7) is 0. The fourth-order valence-corrected chi connectivity index (χ4v) is 0.934. The van der Waals surface area contributed by atoms with Gasteiger partial charge in [0.2, 0.25) is 0 Å². The second-order valence-corrected chi connectivity index (χ2v) is 2.52. The number of aromatic amines is 1. The normalized spacial score (nSPS) is 10.2. The first kappa shape index (κ1) is 10.3. The molecule has 0 saturated heterocycles. The van der Waals surface area contributed by atoms with Gasteiger partial charge in [-0.3, -0.25) is 4.79 Å². The monoisotopic (exact) mass is 202 g/mol. The van der Waals surface area contributed by atoms with Crippen LogP contribution < -0.4 is 5.56 Å². The molecule has 0 bridgehead atoms. The number of hydrogen-bond acceptors (Lipinski definition) is 2. The number of pyridine rings is 1. The van der Waals surface area contributed by atoms with E-state index in [1.165, 1.54) is 0 Å². The molecule has 1 rings (SSSR count). The molecule has 0 atom stereocenters. The molecule has 0 fully saturated rings. The van der Waals surface area contributed by atoms with Crippen molar-refractivity contribution in [2.45, 2.75) is 12.8 Å². The highest BCUT2D eigenvalue weighted by Crippen LogP contribution is 2.18. The molecular formula is C8H5F3N2O. The Balaban J connectivity index is 3.26. The molecule has 0 saturated carbocycles. The van der Waals surface area contributed by atoms with Gasteiger partial charge in [-0.1, -0.05) is 0 Å². The van der Waals surface area contributed by atoms with Crippen LogP contribution >= 0.6 is 0 Å². The summed E-state index contributed by atoms with van der Waals surface area (Å²) in [6, 6.07) is 2.28. The largest absolute Gasteiger partial charge is 0.318 e. The lowest BCUT2D eigenvalue weighted by molar-refractivity contribution is 0.140. The van der Waals surface area contributed by atoms with E-state index in [1.54, 1.807) is 11.1 Å². The number of nitrogens with zero attached hydrogens (tertiary/aromatic N) is 1. The number of rotatable bonds is 2. The maximum absolute atomic E-state index is 12.8. The van der Waals surface area contributed by atoms with Gasteiger partial charge >= 0.3 is 0 Å². The second-order valence-electron chi connectivity index (χ2n) is 2.52. The van der Waals surface area contributed by atoms with Crippen LogP contribution in [0.5, 0.6) is 0 Å². The average Bonchev–Trinajstić information content (AvgIpc) is 2.10. The number of nitriles is 1. The summed E-state index contributed by atoms with van der Waals surface area (Å²) in [4.78, 5) is 12.7. The van der Waals surface area contributed by atoms with Crippen LogP contribution in [-0.2, 0) is 6.42 Å². The van der Waals surface area contributed by atoms with Gasteiger partial charge in [0.25, 0.3) is 12.0 Å². The lowest BCUT2D eigenvalue weighted by Gasteiger charge is -2.02. The molecule has 1 N–H and O–H groups in total. The summed E-state index contributed by atoms with van der Waals surface area (Å²) in [5, 5.41) is 8.24. The van der Waals surface area contributed by atoms with Crippen LogP contribution in [0, 0.1) is 17.1 Å². The molecular weight excluding hydrogens is 197 g/mol. The maximum Gasteiger partial charge on any atom is 0.281 e. The quantitative estimate of drug-likeness (QED) is 0.790. The predicted molar refractivity (Wildman–Crippen MR) is 41.3 cm³/mol. The van der Waals surface area contributed by atoms with Crippen molar-refractivity contribution in [2.75, 3.05) is 0 Å². The zero-order valence-corrected chi connectivity index (χ0v) is 6.85. The van der Waals surface area contributed by atoms with E-state index in [0.717, 1.165) is 0 Å². The van der Waals surface area contributed by atoms with Gasteiger partial charge in [-0.25, -0.2) is 13.2 Å². The molecule has 0 amide bonds. The molecule has 0 aliphatic rings. The summed E-state index contributed by atoms with van der Waals surface area (Å²) in [5.74, 6) is -1.20. The average molecular weight is 202 g/mol. The second kappa shape index (κ2) is 3.96. The first-order valence-corrected chi connectivity index (χ1v) is 3.63. The first-order chi connectivity index (χ1) is 6.56. The molecule has 0 aromatic carbocycles. The standard InChI is InChI=1S/C8H5F3N2O/c9-5-3-4(1-2-12)8(14)13-6(5)7(10)11/h3,7H,1H2,(H,13,14). The lowest BCUT2D eigenvalue weighted by atomic mass is 10.2. The Bertz CT molecular complexity index is 433. The van der Waals surface area contributed by atoms with E-state index in [9.17, 15) is 18.0 Å². The third kappa shape index (κ3) is 1.93. The summed E-state index contributed by atoms with van der Waals surface area (Å²) < 4.78 is 36.9. The van der Waals surface area contributed by atoms with Crippen molar-refractivity contribution in [3.63, 3.8) is 0 Å². The van der Waals surface area contributed by atoms with Crippen molar-refractivity contribution in [3.8, 4) is 6.07 Å². The summed E-state index contributed by atoms with van der Waals surface area (Å²) in [6.07, 6.45) is -3.38. The number of H-pyrrole nitrogens is 1. The molecule has 0 aliphatic carbocycles. The Hall–Kier alpha value is -1.77. The van der Waals surface area contributed by atoms with Crippen molar-refractivity contribution >= 4 is 0 Å². The van der Waals surface area contributed by atoms with Gasteiger partial charge in [0.05, 0.1) is 12.5 Å². The van der Waals surface area contributed by atoms with Crippen LogP contribution in [0.1, 0.15) is 17.7 Å². The Kier molecular flexibility index (Phi) is 2.92. The molecule has 0 radical (unpaired) electrons. The fraction of sp³-hybridized carbons (Fsp3) is 0.250.